The summed E-state index contributed by atoms with van der Waals surface area (Å²) >= 11 is 0. The fraction of sp³-hybridized carbons (Fsp3) is 0.261. The first-order valence-corrected chi connectivity index (χ1v) is 10.7. The molecule has 0 aliphatic carbocycles. The maximum absolute atomic E-state index is 14.9. The molecule has 14 heteroatoms. The first kappa shape index (κ1) is 24.4. The molecule has 1 saturated heterocycles. The number of nitrogens with zero attached hydrogens (tertiary/aromatic N) is 5. The number of carbonyl (C=O) groups is 1. The lowest BCUT2D eigenvalue weighted by molar-refractivity contribution is -0.177. The minimum atomic E-state index is -4.74. The van der Waals surface area contributed by atoms with E-state index in [1.807, 2.05) is 0 Å². The molecule has 1 amide bonds. The number of carbonyl (C=O) groups excluding carboxylic acids is 1. The van der Waals surface area contributed by atoms with Crippen molar-refractivity contribution in [3.05, 3.63) is 48.2 Å². The summed E-state index contributed by atoms with van der Waals surface area (Å²) in [7, 11) is 2.35. The number of amides is 1. The monoisotopic (exact) mass is 518 g/mol. The lowest BCUT2D eigenvalue weighted by atomic mass is 9.95. The number of aliphatic hydroxyl groups is 1. The van der Waals surface area contributed by atoms with E-state index in [2.05, 4.69) is 20.1 Å². The van der Waals surface area contributed by atoms with Gasteiger partial charge in [0.25, 0.3) is 5.91 Å². The second-order valence-corrected chi connectivity index (χ2v) is 8.47. The number of likely N-dealkylation sites (N-methyl/N-ethyl adjacent to an activating group) is 1. The smallest absolute Gasteiger partial charge is 0.408 e. The maximum atomic E-state index is 14.9. The Kier molecular flexibility index (Phi) is 5.51. The number of benzene rings is 1. The van der Waals surface area contributed by atoms with Gasteiger partial charge < -0.3 is 25.0 Å². The summed E-state index contributed by atoms with van der Waals surface area (Å²) in [6, 6.07) is 4.25. The van der Waals surface area contributed by atoms with Gasteiger partial charge in [0.1, 0.15) is 40.7 Å². The van der Waals surface area contributed by atoms with Crippen molar-refractivity contribution < 1.29 is 36.7 Å². The number of halogens is 4. The van der Waals surface area contributed by atoms with Gasteiger partial charge in [0.05, 0.1) is 12.8 Å². The minimum Gasteiger partial charge on any atom is -0.494 e. The van der Waals surface area contributed by atoms with E-state index in [9.17, 15) is 27.5 Å². The Labute approximate surface area is 205 Å². The number of nitrogen functional groups attached to an aromatic ring is 1. The highest BCUT2D eigenvalue weighted by atomic mass is 19.4. The molecule has 37 heavy (non-hydrogen) atoms. The van der Waals surface area contributed by atoms with Gasteiger partial charge >= 0.3 is 6.18 Å². The standard InChI is InChI=1S/C23H18F4N6O4/c1-33-16(23(25,26)27)8-22(35,21(33)34)17-7-13(32-37-17)10-3-4-12(24)11(5-10)14-6-15(36-2)18-19(31-14)20(28)30-9-29-18/h3-7,9,16,35H,8H2,1-2H3,(H2,28,29,30). The third kappa shape index (κ3) is 3.89. The molecule has 1 aliphatic rings. The number of likely N-dealkylation sites (tertiary alicyclic amines) is 1. The third-order valence-corrected chi connectivity index (χ3v) is 6.27. The van der Waals surface area contributed by atoms with Crippen molar-refractivity contribution in [2.24, 2.45) is 0 Å². The lowest BCUT2D eigenvalue weighted by Crippen LogP contribution is -2.41. The molecule has 0 radical (unpaired) electrons. The van der Waals surface area contributed by atoms with Crippen LogP contribution in [0, 0.1) is 5.82 Å². The number of rotatable bonds is 4. The van der Waals surface area contributed by atoms with Gasteiger partial charge in [-0.05, 0) is 18.2 Å². The van der Waals surface area contributed by atoms with Crippen molar-refractivity contribution in [2.75, 3.05) is 19.9 Å². The summed E-state index contributed by atoms with van der Waals surface area (Å²) in [5, 5.41) is 14.6. The van der Waals surface area contributed by atoms with Crippen molar-refractivity contribution >= 4 is 22.8 Å². The van der Waals surface area contributed by atoms with Crippen LogP contribution in [0.2, 0.25) is 0 Å². The zero-order valence-corrected chi connectivity index (χ0v) is 19.2. The van der Waals surface area contributed by atoms with Crippen molar-refractivity contribution in [1.29, 1.82) is 0 Å². The number of methoxy groups -OCH3 is 1. The zero-order valence-electron chi connectivity index (χ0n) is 19.2. The van der Waals surface area contributed by atoms with Gasteiger partial charge in [-0.25, -0.2) is 19.3 Å². The van der Waals surface area contributed by atoms with E-state index in [4.69, 9.17) is 15.0 Å². The number of hydrogen-bond acceptors (Lipinski definition) is 9. The Morgan fingerprint density at radius 2 is 1.95 bits per heavy atom. The van der Waals surface area contributed by atoms with Gasteiger partial charge in [-0.2, -0.15) is 13.2 Å². The van der Waals surface area contributed by atoms with Crippen LogP contribution in [0.1, 0.15) is 12.2 Å². The molecule has 4 aromatic rings. The summed E-state index contributed by atoms with van der Waals surface area (Å²) in [6.07, 6.45) is -4.46. The van der Waals surface area contributed by atoms with Gasteiger partial charge in [0, 0.05) is 36.7 Å². The third-order valence-electron chi connectivity index (χ3n) is 6.27. The van der Waals surface area contributed by atoms with Crippen LogP contribution < -0.4 is 10.5 Å². The molecule has 2 atom stereocenters. The number of fused-ring (bicyclic) bond motifs is 1. The maximum Gasteiger partial charge on any atom is 0.408 e. The molecule has 3 N–H and O–H groups in total. The van der Waals surface area contributed by atoms with Crippen molar-refractivity contribution in [3.8, 4) is 28.3 Å². The van der Waals surface area contributed by atoms with Gasteiger partial charge in [-0.1, -0.05) is 5.16 Å². The summed E-state index contributed by atoms with van der Waals surface area (Å²) in [4.78, 5) is 25.3. The number of hydrogen-bond donors (Lipinski definition) is 2. The van der Waals surface area contributed by atoms with Crippen molar-refractivity contribution in [2.45, 2.75) is 24.2 Å². The van der Waals surface area contributed by atoms with Crippen LogP contribution in [0.4, 0.5) is 23.4 Å². The van der Waals surface area contributed by atoms with Crippen LogP contribution in [-0.4, -0.2) is 62.4 Å². The van der Waals surface area contributed by atoms with E-state index in [1.54, 1.807) is 0 Å². The van der Waals surface area contributed by atoms with Gasteiger partial charge in [-0.3, -0.25) is 4.79 Å². The van der Waals surface area contributed by atoms with Crippen molar-refractivity contribution in [3.63, 3.8) is 0 Å². The van der Waals surface area contributed by atoms with Crippen LogP contribution in [0.15, 0.2) is 41.2 Å². The fourth-order valence-electron chi connectivity index (χ4n) is 4.29. The summed E-state index contributed by atoms with van der Waals surface area (Å²) < 4.78 is 65.3. The Hall–Kier alpha value is -4.33. The molecule has 192 valence electrons. The Balaban J connectivity index is 1.55. The Morgan fingerprint density at radius 1 is 1.19 bits per heavy atom. The number of pyridine rings is 1. The van der Waals surface area contributed by atoms with Crippen LogP contribution in [0.3, 0.4) is 0 Å². The average molecular weight is 518 g/mol. The van der Waals surface area contributed by atoms with E-state index < -0.39 is 41.7 Å². The number of anilines is 1. The second kappa shape index (κ2) is 8.37. The normalized spacial score (nSPS) is 20.1. The number of alkyl halides is 3. The van der Waals surface area contributed by atoms with E-state index in [1.165, 1.54) is 31.6 Å². The molecule has 0 spiro atoms. The summed E-state index contributed by atoms with van der Waals surface area (Å²) in [6.45, 7) is 0. The molecule has 1 aromatic carbocycles. The molecule has 1 aliphatic heterocycles. The van der Waals surface area contributed by atoms with E-state index in [-0.39, 0.29) is 39.6 Å². The molecule has 0 bridgehead atoms. The average Bonchev–Trinajstić information content (AvgIpc) is 3.45. The van der Waals surface area contributed by atoms with Crippen LogP contribution >= 0.6 is 0 Å². The molecular weight excluding hydrogens is 500 g/mol. The SMILES string of the molecule is COc1cc(-c2cc(-c3cc(C4(O)CC(C(F)(F)F)N(C)C4=O)on3)ccc2F)nc2c(N)ncnc12. The highest BCUT2D eigenvalue weighted by Crippen LogP contribution is 2.43. The first-order chi connectivity index (χ1) is 17.4. The van der Waals surface area contributed by atoms with Crippen LogP contribution in [0.25, 0.3) is 33.5 Å². The largest absolute Gasteiger partial charge is 0.494 e. The second-order valence-electron chi connectivity index (χ2n) is 8.47. The van der Waals surface area contributed by atoms with Crippen LogP contribution in [-0.2, 0) is 10.4 Å². The van der Waals surface area contributed by atoms with Crippen molar-refractivity contribution in [1.82, 2.24) is 25.0 Å². The fourth-order valence-corrected chi connectivity index (χ4v) is 4.29. The summed E-state index contributed by atoms with van der Waals surface area (Å²) in [5.74, 6) is -1.97. The van der Waals surface area contributed by atoms with E-state index in [0.29, 0.717) is 10.4 Å². The van der Waals surface area contributed by atoms with E-state index in [0.717, 1.165) is 19.2 Å². The van der Waals surface area contributed by atoms with Gasteiger partial charge in [0.15, 0.2) is 11.6 Å². The number of aromatic nitrogens is 4. The molecule has 10 nitrogen and oxygen atoms in total. The molecule has 4 heterocycles. The van der Waals surface area contributed by atoms with Gasteiger partial charge in [-0.15, -0.1) is 0 Å². The molecule has 1 fully saturated rings. The topological polar surface area (TPSA) is 140 Å². The molecule has 3 aromatic heterocycles. The predicted octanol–water partition coefficient (Wildman–Crippen LogP) is 3.06. The van der Waals surface area contributed by atoms with Crippen LogP contribution in [0.5, 0.6) is 5.75 Å². The van der Waals surface area contributed by atoms with E-state index >= 15 is 0 Å². The molecular formula is C23H18F4N6O4. The quantitative estimate of drug-likeness (QED) is 0.390. The highest BCUT2D eigenvalue weighted by molar-refractivity contribution is 5.91. The predicted molar refractivity (Wildman–Crippen MR) is 120 cm³/mol. The van der Waals surface area contributed by atoms with Gasteiger partial charge in [0.2, 0.25) is 5.60 Å². The molecule has 2 unspecified atom stereocenters. The molecule has 5 rings (SSSR count). The number of ether oxygens (including phenoxy) is 1. The first-order valence-electron chi connectivity index (χ1n) is 10.7. The Morgan fingerprint density at radius 3 is 2.62 bits per heavy atom. The minimum absolute atomic E-state index is 0.0121. The Bertz CT molecular complexity index is 1540. The molecule has 0 saturated carbocycles. The zero-order chi connectivity index (χ0) is 26.7. The highest BCUT2D eigenvalue weighted by Gasteiger charge is 2.60. The number of nitrogens with two attached hydrogens (primary N) is 1. The lowest BCUT2D eigenvalue weighted by Gasteiger charge is -2.21. The summed E-state index contributed by atoms with van der Waals surface area (Å²) in [5.41, 5.74) is 4.33.